The predicted molar refractivity (Wildman–Crippen MR) is 130 cm³/mol. The second kappa shape index (κ2) is 8.82. The van der Waals surface area contributed by atoms with Gasteiger partial charge in [-0.3, -0.25) is 4.57 Å². The van der Waals surface area contributed by atoms with Crippen LogP contribution in [-0.4, -0.2) is 14.8 Å². The highest BCUT2D eigenvalue weighted by Gasteiger charge is 2.30. The smallest absolute Gasteiger partial charge is 0.198 e. The average Bonchev–Trinajstić information content (AvgIpc) is 3.06. The molecule has 34 heavy (non-hydrogen) atoms. The summed E-state index contributed by atoms with van der Waals surface area (Å²) in [6, 6.07) is 18.4. The van der Waals surface area contributed by atoms with E-state index in [-0.39, 0.29) is 18.3 Å². The van der Waals surface area contributed by atoms with E-state index in [1.807, 2.05) is 48.5 Å². The van der Waals surface area contributed by atoms with Crippen LogP contribution in [0.1, 0.15) is 27.8 Å². The van der Waals surface area contributed by atoms with E-state index in [0.29, 0.717) is 39.6 Å². The van der Waals surface area contributed by atoms with Crippen LogP contribution >= 0.6 is 23.2 Å². The fraction of sp³-hybridized carbons (Fsp3) is 0.111. The third-order valence-electron chi connectivity index (χ3n) is 6.20. The molecule has 0 saturated heterocycles. The first-order valence-corrected chi connectivity index (χ1v) is 11.4. The topological polar surface area (TPSA) is 45.4 Å². The van der Waals surface area contributed by atoms with Crippen molar-refractivity contribution in [2.75, 3.05) is 0 Å². The van der Waals surface area contributed by atoms with E-state index in [2.05, 4.69) is 0 Å². The van der Waals surface area contributed by atoms with Gasteiger partial charge in [0.1, 0.15) is 0 Å². The fourth-order valence-corrected chi connectivity index (χ4v) is 4.71. The molecule has 0 bridgehead atoms. The molecule has 4 aromatic rings. The zero-order valence-corrected chi connectivity index (χ0v) is 19.3. The van der Waals surface area contributed by atoms with Crippen molar-refractivity contribution in [1.82, 2.24) is 4.57 Å². The predicted octanol–water partition coefficient (Wildman–Crippen LogP) is 7.24. The van der Waals surface area contributed by atoms with Gasteiger partial charge in [-0.05, 0) is 64.2 Å². The van der Waals surface area contributed by atoms with Crippen LogP contribution in [0.2, 0.25) is 10.0 Å². The molecular formula is C27H19Cl2F2NO2. The molecule has 7 heteroatoms. The third-order valence-corrected chi connectivity index (χ3v) is 6.70. The van der Waals surface area contributed by atoms with Crippen LogP contribution < -0.4 is 0 Å². The molecule has 1 aliphatic carbocycles. The zero-order valence-electron chi connectivity index (χ0n) is 17.8. The van der Waals surface area contributed by atoms with Gasteiger partial charge in [0.25, 0.3) is 0 Å². The Hall–Kier alpha value is -3.28. The van der Waals surface area contributed by atoms with E-state index < -0.39 is 11.6 Å². The molecule has 0 amide bonds. The minimum absolute atomic E-state index is 0.00553. The summed E-state index contributed by atoms with van der Waals surface area (Å²) in [6.07, 6.45) is 0.748. The van der Waals surface area contributed by atoms with Gasteiger partial charge in [-0.15, -0.1) is 0 Å². The minimum Gasteiger partial charge on any atom is -0.494 e. The summed E-state index contributed by atoms with van der Waals surface area (Å²) in [5, 5.41) is 23.3. The van der Waals surface area contributed by atoms with Gasteiger partial charge >= 0.3 is 0 Å². The maximum atomic E-state index is 13.7. The standard InChI is InChI=1S/C27H19Cl2F2NO2/c28-18-6-2-16(3-7-18)20-12-22-23(13-21(20)17-4-8-19(29)9-5-17)27(34)32(26(22)33)14-15-1-10-24(30)25(31)11-15/h1-11,33-34H,12-14H2. The maximum Gasteiger partial charge on any atom is 0.198 e. The van der Waals surface area contributed by atoms with Gasteiger partial charge < -0.3 is 10.2 Å². The molecule has 0 aliphatic heterocycles. The Kier molecular flexibility index (Phi) is 5.84. The fourth-order valence-electron chi connectivity index (χ4n) is 4.46. The molecule has 5 rings (SSSR count). The van der Waals surface area contributed by atoms with Gasteiger partial charge in [-0.25, -0.2) is 8.78 Å². The Bertz CT molecular complexity index is 1340. The number of hydrogen-bond donors (Lipinski definition) is 2. The number of rotatable bonds is 4. The van der Waals surface area contributed by atoms with Crippen LogP contribution in [0.15, 0.2) is 66.7 Å². The molecule has 1 aromatic heterocycles. The number of benzene rings is 3. The lowest BCUT2D eigenvalue weighted by atomic mass is 9.81. The van der Waals surface area contributed by atoms with Gasteiger partial charge in [0.2, 0.25) is 0 Å². The number of nitrogens with zero attached hydrogens (tertiary/aromatic N) is 1. The van der Waals surface area contributed by atoms with Gasteiger partial charge in [0.05, 0.1) is 6.54 Å². The normalized spacial score (nSPS) is 13.3. The molecule has 3 aromatic carbocycles. The summed E-state index contributed by atoms with van der Waals surface area (Å²) >= 11 is 12.2. The van der Waals surface area contributed by atoms with E-state index in [0.717, 1.165) is 34.4 Å². The molecule has 1 aliphatic rings. The van der Waals surface area contributed by atoms with Crippen molar-refractivity contribution in [3.63, 3.8) is 0 Å². The maximum absolute atomic E-state index is 13.7. The molecule has 0 saturated carbocycles. The van der Waals surface area contributed by atoms with Crippen molar-refractivity contribution >= 4 is 34.3 Å². The van der Waals surface area contributed by atoms with Crippen LogP contribution in [0.3, 0.4) is 0 Å². The van der Waals surface area contributed by atoms with Gasteiger partial charge in [-0.2, -0.15) is 0 Å². The first-order chi connectivity index (χ1) is 16.3. The number of hydrogen-bond acceptors (Lipinski definition) is 2. The van der Waals surface area contributed by atoms with Crippen LogP contribution in [0.5, 0.6) is 11.8 Å². The molecule has 0 atom stereocenters. The Morgan fingerprint density at radius 3 is 1.59 bits per heavy atom. The molecule has 0 spiro atoms. The zero-order chi connectivity index (χ0) is 24.0. The van der Waals surface area contributed by atoms with E-state index in [4.69, 9.17) is 23.2 Å². The lowest BCUT2D eigenvalue weighted by molar-refractivity contribution is 0.374. The highest BCUT2D eigenvalue weighted by atomic mass is 35.5. The Balaban J connectivity index is 1.60. The molecule has 0 radical (unpaired) electrons. The van der Waals surface area contributed by atoms with E-state index >= 15 is 0 Å². The molecular weight excluding hydrogens is 479 g/mol. The minimum atomic E-state index is -0.981. The Labute approximate surface area is 205 Å². The van der Waals surface area contributed by atoms with Crippen molar-refractivity contribution in [2.45, 2.75) is 19.4 Å². The second-order valence-corrected chi connectivity index (χ2v) is 9.14. The molecule has 3 nitrogen and oxygen atoms in total. The van der Waals surface area contributed by atoms with Crippen molar-refractivity contribution in [3.8, 4) is 11.8 Å². The average molecular weight is 498 g/mol. The highest BCUT2D eigenvalue weighted by Crippen LogP contribution is 2.46. The first kappa shape index (κ1) is 22.5. The Morgan fingerprint density at radius 2 is 1.15 bits per heavy atom. The molecule has 0 unspecified atom stereocenters. The number of halogens is 4. The lowest BCUT2D eigenvalue weighted by Crippen LogP contribution is -2.06. The summed E-state index contributed by atoms with van der Waals surface area (Å²) in [7, 11) is 0. The summed E-state index contributed by atoms with van der Waals surface area (Å²) in [5.41, 5.74) is 5.50. The summed E-state index contributed by atoms with van der Waals surface area (Å²) in [5.74, 6) is -2.13. The van der Waals surface area contributed by atoms with Gasteiger partial charge in [0, 0.05) is 34.0 Å². The van der Waals surface area contributed by atoms with Crippen LogP contribution in [0, 0.1) is 11.6 Å². The number of fused-ring (bicyclic) bond motifs is 1. The van der Waals surface area contributed by atoms with Gasteiger partial charge in [-0.1, -0.05) is 53.5 Å². The van der Waals surface area contributed by atoms with Crippen LogP contribution in [-0.2, 0) is 19.4 Å². The lowest BCUT2D eigenvalue weighted by Gasteiger charge is -2.22. The van der Waals surface area contributed by atoms with E-state index in [1.165, 1.54) is 10.6 Å². The van der Waals surface area contributed by atoms with Crippen LogP contribution in [0.25, 0.3) is 11.1 Å². The number of aromatic nitrogens is 1. The summed E-state index contributed by atoms with van der Waals surface area (Å²) in [6.45, 7) is -0.00553. The first-order valence-electron chi connectivity index (χ1n) is 10.6. The summed E-state index contributed by atoms with van der Waals surface area (Å²) < 4.78 is 28.4. The quantitative estimate of drug-likeness (QED) is 0.312. The van der Waals surface area contributed by atoms with Gasteiger partial charge in [0.15, 0.2) is 23.4 Å². The molecule has 1 heterocycles. The molecule has 2 N–H and O–H groups in total. The second-order valence-electron chi connectivity index (χ2n) is 8.26. The number of aromatic hydroxyl groups is 2. The monoisotopic (exact) mass is 497 g/mol. The van der Waals surface area contributed by atoms with Crippen LogP contribution in [0.4, 0.5) is 8.78 Å². The largest absolute Gasteiger partial charge is 0.494 e. The SMILES string of the molecule is Oc1c2c(c(O)n1Cc1ccc(F)c(F)c1)CC(c1ccc(Cl)cc1)=C(c1ccc(Cl)cc1)C2. The highest BCUT2D eigenvalue weighted by molar-refractivity contribution is 6.31. The van der Waals surface area contributed by atoms with Crippen molar-refractivity contribution in [1.29, 1.82) is 0 Å². The molecule has 0 fully saturated rings. The van der Waals surface area contributed by atoms with E-state index in [1.54, 1.807) is 0 Å². The van der Waals surface area contributed by atoms with Crippen molar-refractivity contribution in [2.24, 2.45) is 0 Å². The Morgan fingerprint density at radius 1 is 0.676 bits per heavy atom. The van der Waals surface area contributed by atoms with Crippen molar-refractivity contribution < 1.29 is 19.0 Å². The summed E-state index contributed by atoms with van der Waals surface area (Å²) in [4.78, 5) is 0. The number of allylic oxidation sites excluding steroid dienone is 2. The van der Waals surface area contributed by atoms with E-state index in [9.17, 15) is 19.0 Å². The van der Waals surface area contributed by atoms with Crippen molar-refractivity contribution in [3.05, 3.63) is 116 Å². The third kappa shape index (κ3) is 4.06. The molecule has 172 valence electrons.